The van der Waals surface area contributed by atoms with Crippen LogP contribution in [0.5, 0.6) is 5.75 Å². The first-order valence-corrected chi connectivity index (χ1v) is 11.9. The molecule has 9 heteroatoms. The van der Waals surface area contributed by atoms with Gasteiger partial charge in [-0.15, -0.1) is 11.3 Å². The SMILES string of the molecule is Cc1csc(NC(=O)N2CC(C)(C)Oc3ccc(-c4cccc(N5CC[C@@H](F)C5)c4)nc32)n1. The van der Waals surface area contributed by atoms with Crippen molar-refractivity contribution in [3.63, 3.8) is 0 Å². The molecule has 3 aromatic rings. The van der Waals surface area contributed by atoms with Crippen LogP contribution >= 0.6 is 11.3 Å². The normalized spacial score (nSPS) is 19.2. The molecule has 7 nitrogen and oxygen atoms in total. The number of rotatable bonds is 3. The van der Waals surface area contributed by atoms with Gasteiger partial charge >= 0.3 is 6.03 Å². The third kappa shape index (κ3) is 4.50. The lowest BCUT2D eigenvalue weighted by Gasteiger charge is -2.38. The smallest absolute Gasteiger partial charge is 0.329 e. The van der Waals surface area contributed by atoms with Gasteiger partial charge in [0, 0.05) is 29.7 Å². The summed E-state index contributed by atoms with van der Waals surface area (Å²) in [6.45, 7) is 7.23. The zero-order chi connectivity index (χ0) is 23.2. The molecule has 172 valence electrons. The zero-order valence-electron chi connectivity index (χ0n) is 18.8. The molecule has 0 aliphatic carbocycles. The number of anilines is 3. The molecule has 1 atom stereocenters. The second kappa shape index (κ2) is 8.30. The van der Waals surface area contributed by atoms with Gasteiger partial charge in [-0.25, -0.2) is 19.2 Å². The van der Waals surface area contributed by atoms with Crippen LogP contribution in [0, 0.1) is 6.92 Å². The minimum absolute atomic E-state index is 0.300. The van der Waals surface area contributed by atoms with Gasteiger partial charge in [-0.1, -0.05) is 12.1 Å². The van der Waals surface area contributed by atoms with E-state index in [1.165, 1.54) is 11.3 Å². The molecule has 1 N–H and O–H groups in total. The summed E-state index contributed by atoms with van der Waals surface area (Å²) in [6, 6.07) is 11.4. The van der Waals surface area contributed by atoms with Gasteiger partial charge in [0.2, 0.25) is 0 Å². The number of carbonyl (C=O) groups excluding carboxylic acids is 1. The van der Waals surface area contributed by atoms with Gasteiger partial charge in [-0.3, -0.25) is 10.2 Å². The van der Waals surface area contributed by atoms with Crippen molar-refractivity contribution >= 4 is 34.0 Å². The van der Waals surface area contributed by atoms with E-state index in [1.54, 1.807) is 4.90 Å². The second-order valence-corrected chi connectivity index (χ2v) is 9.93. The summed E-state index contributed by atoms with van der Waals surface area (Å²) in [5.41, 5.74) is 2.88. The third-order valence-corrected chi connectivity index (χ3v) is 6.61. The van der Waals surface area contributed by atoms with E-state index in [-0.39, 0.29) is 6.03 Å². The van der Waals surface area contributed by atoms with Crippen LogP contribution < -0.4 is 19.9 Å². The maximum absolute atomic E-state index is 13.7. The molecule has 0 unspecified atom stereocenters. The maximum Gasteiger partial charge on any atom is 0.329 e. The lowest BCUT2D eigenvalue weighted by molar-refractivity contribution is 0.106. The summed E-state index contributed by atoms with van der Waals surface area (Å²) >= 11 is 1.38. The average Bonchev–Trinajstić information content (AvgIpc) is 3.40. The number of hydrogen-bond donors (Lipinski definition) is 1. The van der Waals surface area contributed by atoms with Gasteiger partial charge < -0.3 is 9.64 Å². The quantitative estimate of drug-likeness (QED) is 0.568. The Bertz CT molecular complexity index is 1200. The molecule has 0 saturated carbocycles. The van der Waals surface area contributed by atoms with Gasteiger partial charge in [0.15, 0.2) is 16.7 Å². The lowest BCUT2D eigenvalue weighted by atomic mass is 10.1. The highest BCUT2D eigenvalue weighted by Gasteiger charge is 2.36. The van der Waals surface area contributed by atoms with Crippen molar-refractivity contribution in [3.8, 4) is 17.0 Å². The summed E-state index contributed by atoms with van der Waals surface area (Å²) in [5.74, 6) is 1.02. The Hall–Kier alpha value is -3.20. The second-order valence-electron chi connectivity index (χ2n) is 9.07. The van der Waals surface area contributed by atoms with Crippen molar-refractivity contribution in [3.05, 3.63) is 47.5 Å². The molecule has 0 radical (unpaired) electrons. The molecule has 2 aliphatic rings. The molecule has 4 heterocycles. The monoisotopic (exact) mass is 467 g/mol. The van der Waals surface area contributed by atoms with Gasteiger partial charge in [-0.05, 0) is 51.5 Å². The van der Waals surface area contributed by atoms with Gasteiger partial charge in [0.05, 0.1) is 17.9 Å². The maximum atomic E-state index is 13.7. The van der Waals surface area contributed by atoms with Crippen molar-refractivity contribution in [2.45, 2.75) is 39.0 Å². The number of amides is 2. The van der Waals surface area contributed by atoms with Crippen molar-refractivity contribution in [2.75, 3.05) is 34.8 Å². The van der Waals surface area contributed by atoms with Crippen LogP contribution in [0.25, 0.3) is 11.3 Å². The molecule has 1 saturated heterocycles. The number of hydrogen-bond acceptors (Lipinski definition) is 6. The number of ether oxygens (including phenoxy) is 1. The average molecular weight is 468 g/mol. The Labute approximate surface area is 196 Å². The van der Waals surface area contributed by atoms with Crippen LogP contribution in [0.1, 0.15) is 26.0 Å². The van der Waals surface area contributed by atoms with E-state index in [4.69, 9.17) is 9.72 Å². The number of nitrogens with zero attached hydrogens (tertiary/aromatic N) is 4. The first-order chi connectivity index (χ1) is 15.8. The van der Waals surface area contributed by atoms with Gasteiger partial charge in [0.1, 0.15) is 11.8 Å². The molecule has 0 bridgehead atoms. The van der Waals surface area contributed by atoms with E-state index in [0.29, 0.717) is 42.8 Å². The van der Waals surface area contributed by atoms with E-state index in [0.717, 1.165) is 22.6 Å². The minimum Gasteiger partial charge on any atom is -0.482 e. The van der Waals surface area contributed by atoms with E-state index in [9.17, 15) is 9.18 Å². The van der Waals surface area contributed by atoms with Crippen molar-refractivity contribution in [1.29, 1.82) is 0 Å². The van der Waals surface area contributed by atoms with Crippen molar-refractivity contribution in [1.82, 2.24) is 9.97 Å². The number of benzene rings is 1. The highest BCUT2D eigenvalue weighted by Crippen LogP contribution is 2.38. The Balaban J connectivity index is 1.47. The lowest BCUT2D eigenvalue weighted by Crippen LogP contribution is -2.51. The first kappa shape index (κ1) is 21.6. The van der Waals surface area contributed by atoms with Gasteiger partial charge in [0.25, 0.3) is 0 Å². The highest BCUT2D eigenvalue weighted by atomic mass is 32.1. The number of carbonyl (C=O) groups is 1. The number of alkyl halides is 1. The van der Waals surface area contributed by atoms with Crippen molar-refractivity contribution < 1.29 is 13.9 Å². The molecular formula is C24H26FN5O2S. The minimum atomic E-state index is -0.787. The van der Waals surface area contributed by atoms with Crippen LogP contribution in [-0.4, -0.2) is 47.4 Å². The van der Waals surface area contributed by atoms with E-state index < -0.39 is 11.8 Å². The number of thiazole rings is 1. The first-order valence-electron chi connectivity index (χ1n) is 11.0. The number of aryl methyl sites for hydroxylation is 1. The number of urea groups is 1. The fourth-order valence-electron chi connectivity index (χ4n) is 4.21. The summed E-state index contributed by atoms with van der Waals surface area (Å²) < 4.78 is 19.8. The highest BCUT2D eigenvalue weighted by molar-refractivity contribution is 7.13. The Morgan fingerprint density at radius 3 is 2.85 bits per heavy atom. The van der Waals surface area contributed by atoms with Crippen LogP contribution in [0.3, 0.4) is 0 Å². The summed E-state index contributed by atoms with van der Waals surface area (Å²) in [4.78, 5) is 26.0. The fourth-order valence-corrected chi connectivity index (χ4v) is 4.89. The van der Waals surface area contributed by atoms with Crippen LogP contribution in [0.15, 0.2) is 41.8 Å². The van der Waals surface area contributed by atoms with Crippen LogP contribution in [0.4, 0.5) is 25.8 Å². The number of pyridine rings is 1. The topological polar surface area (TPSA) is 70.6 Å². The molecule has 1 fully saturated rings. The van der Waals surface area contributed by atoms with Gasteiger partial charge in [-0.2, -0.15) is 0 Å². The Morgan fingerprint density at radius 2 is 2.12 bits per heavy atom. The van der Waals surface area contributed by atoms with Crippen LogP contribution in [0.2, 0.25) is 0 Å². The molecule has 0 spiro atoms. The Morgan fingerprint density at radius 1 is 1.27 bits per heavy atom. The van der Waals surface area contributed by atoms with E-state index >= 15 is 0 Å². The third-order valence-electron chi connectivity index (χ3n) is 5.74. The molecule has 2 amide bonds. The summed E-state index contributed by atoms with van der Waals surface area (Å²) in [7, 11) is 0. The molecule has 2 aromatic heterocycles. The van der Waals surface area contributed by atoms with E-state index in [1.807, 2.05) is 67.4 Å². The van der Waals surface area contributed by atoms with Crippen LogP contribution in [-0.2, 0) is 0 Å². The predicted molar refractivity (Wildman–Crippen MR) is 129 cm³/mol. The fraction of sp³-hybridized carbons (Fsp3) is 0.375. The number of nitrogens with one attached hydrogen (secondary N) is 1. The van der Waals surface area contributed by atoms with E-state index in [2.05, 4.69) is 10.3 Å². The standard InChI is InChI=1S/C24H26FN5O2S/c1-15-13-33-22(26-15)28-23(31)30-14-24(2,3)32-20-8-7-19(27-21(20)30)16-5-4-6-18(11-16)29-10-9-17(25)12-29/h4-8,11,13,17H,9-10,12,14H2,1-3H3,(H,26,28,31)/t17-/m1/s1. The Kier molecular flexibility index (Phi) is 5.44. The number of aromatic nitrogens is 2. The molecule has 2 aliphatic heterocycles. The van der Waals surface area contributed by atoms with Crippen molar-refractivity contribution in [2.24, 2.45) is 0 Å². The predicted octanol–water partition coefficient (Wildman–Crippen LogP) is 5.27. The number of halogens is 1. The summed E-state index contributed by atoms with van der Waals surface area (Å²) in [6.07, 6.45) is -0.235. The zero-order valence-corrected chi connectivity index (χ0v) is 19.7. The molecule has 33 heavy (non-hydrogen) atoms. The molecule has 1 aromatic carbocycles. The summed E-state index contributed by atoms with van der Waals surface area (Å²) in [5, 5.41) is 5.31. The molecule has 5 rings (SSSR count). The number of fused-ring (bicyclic) bond motifs is 1. The largest absolute Gasteiger partial charge is 0.482 e. The molecular weight excluding hydrogens is 441 g/mol.